The van der Waals surface area contributed by atoms with E-state index >= 15 is 0 Å². The molecule has 1 amide bonds. The van der Waals surface area contributed by atoms with Crippen LogP contribution in [0.3, 0.4) is 0 Å². The predicted octanol–water partition coefficient (Wildman–Crippen LogP) is 4.27. The van der Waals surface area contributed by atoms with Crippen LogP contribution in [0.2, 0.25) is 0 Å². The summed E-state index contributed by atoms with van der Waals surface area (Å²) < 4.78 is 7.38. The van der Waals surface area contributed by atoms with Crippen LogP contribution in [0.5, 0.6) is 0 Å². The number of hydrogen-bond acceptors (Lipinski definition) is 5. The summed E-state index contributed by atoms with van der Waals surface area (Å²) in [6.45, 7) is 3.49. The second kappa shape index (κ2) is 7.44. The number of carbonyl (C=O) groups excluding carboxylic acids is 1. The number of anilines is 1. The highest BCUT2D eigenvalue weighted by atomic mass is 16.4. The van der Waals surface area contributed by atoms with Gasteiger partial charge in [0, 0.05) is 29.8 Å². The lowest BCUT2D eigenvalue weighted by Gasteiger charge is -2.07. The molecule has 0 aliphatic rings. The first-order chi connectivity index (χ1) is 14.1. The van der Waals surface area contributed by atoms with Gasteiger partial charge in [-0.05, 0) is 44.2 Å². The van der Waals surface area contributed by atoms with E-state index in [0.717, 1.165) is 11.3 Å². The molecule has 0 spiro atoms. The van der Waals surface area contributed by atoms with Crippen molar-refractivity contribution >= 4 is 11.6 Å². The fourth-order valence-electron chi connectivity index (χ4n) is 3.13. The van der Waals surface area contributed by atoms with Gasteiger partial charge in [0.05, 0.1) is 5.69 Å². The van der Waals surface area contributed by atoms with Crippen molar-refractivity contribution in [1.29, 1.82) is 5.26 Å². The third kappa shape index (κ3) is 3.51. The van der Waals surface area contributed by atoms with Gasteiger partial charge in [0.15, 0.2) is 0 Å². The van der Waals surface area contributed by atoms with E-state index in [4.69, 9.17) is 4.42 Å². The summed E-state index contributed by atoms with van der Waals surface area (Å²) in [5, 5.41) is 12.5. The molecule has 0 radical (unpaired) electrons. The van der Waals surface area contributed by atoms with Crippen LogP contribution in [-0.4, -0.2) is 20.4 Å². The lowest BCUT2D eigenvalue weighted by Crippen LogP contribution is -2.14. The normalized spacial score (nSPS) is 10.5. The Morgan fingerprint density at radius 1 is 1.17 bits per heavy atom. The maximum atomic E-state index is 12.9. The smallest absolute Gasteiger partial charge is 0.260 e. The van der Waals surface area contributed by atoms with Crippen molar-refractivity contribution in [2.45, 2.75) is 13.8 Å². The summed E-state index contributed by atoms with van der Waals surface area (Å²) >= 11 is 0. The van der Waals surface area contributed by atoms with Gasteiger partial charge < -0.3 is 9.73 Å². The topological polar surface area (TPSA) is 96.7 Å². The van der Waals surface area contributed by atoms with E-state index < -0.39 is 5.91 Å². The fourth-order valence-corrected chi connectivity index (χ4v) is 3.13. The van der Waals surface area contributed by atoms with Crippen molar-refractivity contribution in [3.63, 3.8) is 0 Å². The predicted molar refractivity (Wildman–Crippen MR) is 108 cm³/mol. The molecular formula is C22H17N5O2. The molecule has 0 bridgehead atoms. The quantitative estimate of drug-likeness (QED) is 0.568. The number of rotatable bonds is 4. The van der Waals surface area contributed by atoms with Crippen molar-refractivity contribution in [3.8, 4) is 23.2 Å². The summed E-state index contributed by atoms with van der Waals surface area (Å²) in [5.74, 6) is 0.968. The van der Waals surface area contributed by atoms with Gasteiger partial charge in [-0.1, -0.05) is 12.1 Å². The average Bonchev–Trinajstić information content (AvgIpc) is 3.35. The summed E-state index contributed by atoms with van der Waals surface area (Å²) in [7, 11) is 0. The number of aromatic nitrogens is 3. The molecule has 0 saturated carbocycles. The molecular weight excluding hydrogens is 366 g/mol. The van der Waals surface area contributed by atoms with Gasteiger partial charge >= 0.3 is 0 Å². The molecule has 4 aromatic rings. The molecule has 3 aromatic heterocycles. The largest absolute Gasteiger partial charge is 0.443 e. The van der Waals surface area contributed by atoms with Gasteiger partial charge in [0.25, 0.3) is 5.91 Å². The molecule has 3 heterocycles. The van der Waals surface area contributed by atoms with Gasteiger partial charge in [-0.3, -0.25) is 9.36 Å². The highest BCUT2D eigenvalue weighted by Crippen LogP contribution is 2.27. The number of nitrogens with one attached hydrogen (secondary N) is 1. The third-order valence-electron chi connectivity index (χ3n) is 4.44. The fraction of sp³-hybridized carbons (Fsp3) is 0.0909. The monoisotopic (exact) mass is 383 g/mol. The number of aryl methyl sites for hydroxylation is 2. The van der Waals surface area contributed by atoms with Crippen LogP contribution in [0.25, 0.3) is 17.1 Å². The standard InChI is InChI=1S/C22H17N5O2/c1-14-20(18(13-23)22(29-14)27-10-3-4-11-27)21(28)26-17-7-5-6-16(12-17)19-8-9-24-15(2)25-19/h3-12H,1-2H3,(H,26,28). The molecule has 0 unspecified atom stereocenters. The second-order valence-electron chi connectivity index (χ2n) is 6.44. The van der Waals surface area contributed by atoms with Crippen LogP contribution < -0.4 is 5.32 Å². The van der Waals surface area contributed by atoms with E-state index in [-0.39, 0.29) is 11.1 Å². The molecule has 29 heavy (non-hydrogen) atoms. The van der Waals surface area contributed by atoms with Crippen molar-refractivity contribution in [1.82, 2.24) is 14.5 Å². The highest BCUT2D eigenvalue weighted by Gasteiger charge is 2.24. The molecule has 7 heteroatoms. The number of nitriles is 1. The number of carbonyl (C=O) groups is 1. The highest BCUT2D eigenvalue weighted by molar-refractivity contribution is 6.07. The Balaban J connectivity index is 1.66. The molecule has 1 aromatic carbocycles. The molecule has 142 valence electrons. The van der Waals surface area contributed by atoms with E-state index in [1.807, 2.05) is 43.3 Å². The Kier molecular flexibility index (Phi) is 4.67. The Hall–Kier alpha value is -4.18. The second-order valence-corrected chi connectivity index (χ2v) is 6.44. The molecule has 0 saturated heterocycles. The van der Waals surface area contributed by atoms with E-state index in [2.05, 4.69) is 21.4 Å². The Morgan fingerprint density at radius 3 is 2.69 bits per heavy atom. The summed E-state index contributed by atoms with van der Waals surface area (Å²) in [6, 6.07) is 14.9. The number of hydrogen-bond donors (Lipinski definition) is 1. The molecule has 0 fully saturated rings. The maximum Gasteiger partial charge on any atom is 0.260 e. The zero-order valence-electron chi connectivity index (χ0n) is 15.9. The Morgan fingerprint density at radius 2 is 1.97 bits per heavy atom. The van der Waals surface area contributed by atoms with E-state index in [1.165, 1.54) is 0 Å². The number of furan rings is 1. The first-order valence-electron chi connectivity index (χ1n) is 8.95. The van der Waals surface area contributed by atoms with Crippen molar-refractivity contribution < 1.29 is 9.21 Å². The van der Waals surface area contributed by atoms with E-state index in [1.54, 1.807) is 36.1 Å². The molecule has 0 aliphatic heterocycles. The Bertz CT molecular complexity index is 1230. The Labute approximate surface area is 167 Å². The van der Waals surface area contributed by atoms with Gasteiger partial charge in [0.2, 0.25) is 5.88 Å². The maximum absolute atomic E-state index is 12.9. The van der Waals surface area contributed by atoms with E-state index in [9.17, 15) is 10.1 Å². The van der Waals surface area contributed by atoms with Crippen LogP contribution in [0.15, 0.2) is 65.5 Å². The summed E-state index contributed by atoms with van der Waals surface area (Å²) in [5.41, 5.74) is 2.63. The van der Waals surface area contributed by atoms with Crippen molar-refractivity contribution in [3.05, 3.63) is 83.8 Å². The average molecular weight is 383 g/mol. The molecule has 0 aliphatic carbocycles. The lowest BCUT2D eigenvalue weighted by atomic mass is 10.1. The zero-order chi connectivity index (χ0) is 20.4. The minimum atomic E-state index is -0.405. The lowest BCUT2D eigenvalue weighted by molar-refractivity contribution is 0.102. The van der Waals surface area contributed by atoms with Gasteiger partial charge in [0.1, 0.15) is 28.8 Å². The molecule has 0 atom stereocenters. The van der Waals surface area contributed by atoms with Crippen molar-refractivity contribution in [2.24, 2.45) is 0 Å². The van der Waals surface area contributed by atoms with Crippen LogP contribution in [0.1, 0.15) is 27.5 Å². The van der Waals surface area contributed by atoms with Crippen LogP contribution in [0.4, 0.5) is 5.69 Å². The number of amides is 1. The SMILES string of the molecule is Cc1nccc(-c2cccc(NC(=O)c3c(C)oc(-n4cccc4)c3C#N)c2)n1. The van der Waals surface area contributed by atoms with Gasteiger partial charge in [-0.15, -0.1) is 0 Å². The van der Waals surface area contributed by atoms with E-state index in [0.29, 0.717) is 23.2 Å². The first kappa shape index (κ1) is 18.2. The minimum Gasteiger partial charge on any atom is -0.443 e. The summed E-state index contributed by atoms with van der Waals surface area (Å²) in [4.78, 5) is 21.5. The van der Waals surface area contributed by atoms with Crippen molar-refractivity contribution in [2.75, 3.05) is 5.32 Å². The number of benzene rings is 1. The van der Waals surface area contributed by atoms with Crippen LogP contribution in [0, 0.1) is 25.2 Å². The molecule has 4 rings (SSSR count). The summed E-state index contributed by atoms with van der Waals surface area (Å²) in [6.07, 6.45) is 5.21. The molecule has 1 N–H and O–H groups in total. The minimum absolute atomic E-state index is 0.193. The number of nitrogens with zero attached hydrogens (tertiary/aromatic N) is 4. The van der Waals surface area contributed by atoms with Gasteiger partial charge in [-0.25, -0.2) is 9.97 Å². The zero-order valence-corrected chi connectivity index (χ0v) is 15.9. The van der Waals surface area contributed by atoms with Crippen LogP contribution >= 0.6 is 0 Å². The molecule has 7 nitrogen and oxygen atoms in total. The first-order valence-corrected chi connectivity index (χ1v) is 8.95. The third-order valence-corrected chi connectivity index (χ3v) is 4.44. The van der Waals surface area contributed by atoms with Gasteiger partial charge in [-0.2, -0.15) is 5.26 Å². The van der Waals surface area contributed by atoms with Crippen LogP contribution in [-0.2, 0) is 0 Å².